The molecule has 6 heteroatoms. The van der Waals surface area contributed by atoms with Gasteiger partial charge in [-0.05, 0) is 18.9 Å². The van der Waals surface area contributed by atoms with Crippen LogP contribution in [0.5, 0.6) is 0 Å². The highest BCUT2D eigenvalue weighted by molar-refractivity contribution is 5.94. The van der Waals surface area contributed by atoms with E-state index in [-0.39, 0.29) is 5.91 Å². The van der Waals surface area contributed by atoms with E-state index in [1.54, 1.807) is 12.3 Å². The minimum Gasteiger partial charge on any atom is -0.467 e. The predicted molar refractivity (Wildman–Crippen MR) is 70.2 cm³/mol. The third-order valence-corrected chi connectivity index (χ3v) is 3.96. The second kappa shape index (κ2) is 5.32. The van der Waals surface area contributed by atoms with Gasteiger partial charge in [0.05, 0.1) is 18.4 Å². The molecule has 1 saturated carbocycles. The fraction of sp³-hybridized carbons (Fsp3) is 0.615. The Morgan fingerprint density at radius 1 is 1.37 bits per heavy atom. The lowest BCUT2D eigenvalue weighted by atomic mass is 10.2. The third-order valence-electron chi connectivity index (χ3n) is 3.96. The Kier molecular flexibility index (Phi) is 3.54. The summed E-state index contributed by atoms with van der Waals surface area (Å²) in [5, 5.41) is 0. The van der Waals surface area contributed by atoms with Crippen molar-refractivity contribution in [1.29, 1.82) is 0 Å². The molecule has 104 valence electrons. The van der Waals surface area contributed by atoms with Crippen LogP contribution in [-0.4, -0.2) is 47.9 Å². The number of carbonyl (C=O) groups is 1. The van der Waals surface area contributed by atoms with Crippen molar-refractivity contribution in [3.8, 4) is 0 Å². The van der Waals surface area contributed by atoms with E-state index in [1.807, 2.05) is 0 Å². The van der Waals surface area contributed by atoms with E-state index in [2.05, 4.69) is 15.2 Å². The summed E-state index contributed by atoms with van der Waals surface area (Å²) in [6, 6.07) is 2.50. The van der Waals surface area contributed by atoms with Crippen LogP contribution in [0.1, 0.15) is 29.0 Å². The molecule has 19 heavy (non-hydrogen) atoms. The number of hydrazine groups is 1. The molecule has 2 heterocycles. The monoisotopic (exact) mass is 264 g/mol. The van der Waals surface area contributed by atoms with Gasteiger partial charge in [-0.15, -0.1) is 0 Å². The molecule has 3 N–H and O–H groups in total. The van der Waals surface area contributed by atoms with Gasteiger partial charge in [-0.3, -0.25) is 20.0 Å². The second-order valence-electron chi connectivity index (χ2n) is 5.27. The van der Waals surface area contributed by atoms with Crippen molar-refractivity contribution in [2.75, 3.05) is 26.2 Å². The summed E-state index contributed by atoms with van der Waals surface area (Å²) < 4.78 is 5.41. The Hall–Kier alpha value is -1.37. The highest BCUT2D eigenvalue weighted by Gasteiger charge is 2.31. The summed E-state index contributed by atoms with van der Waals surface area (Å²) in [7, 11) is 0. The topological polar surface area (TPSA) is 74.7 Å². The average molecular weight is 264 g/mol. The lowest BCUT2D eigenvalue weighted by molar-refractivity contribution is 0.0943. The average Bonchev–Trinajstić information content (AvgIpc) is 3.19. The van der Waals surface area contributed by atoms with Crippen molar-refractivity contribution in [1.82, 2.24) is 15.2 Å². The maximum absolute atomic E-state index is 11.6. The van der Waals surface area contributed by atoms with E-state index in [0.717, 1.165) is 32.2 Å². The van der Waals surface area contributed by atoms with Gasteiger partial charge in [0.1, 0.15) is 5.76 Å². The number of rotatable bonds is 4. The Bertz CT molecular complexity index is 447. The summed E-state index contributed by atoms with van der Waals surface area (Å²) >= 11 is 0. The van der Waals surface area contributed by atoms with Crippen molar-refractivity contribution in [3.05, 3.63) is 23.7 Å². The fourth-order valence-corrected chi connectivity index (χ4v) is 2.67. The molecule has 1 saturated heterocycles. The maximum Gasteiger partial charge on any atom is 0.268 e. The number of hydrogen-bond acceptors (Lipinski definition) is 5. The predicted octanol–water partition coefficient (Wildman–Crippen LogP) is 0.163. The molecule has 2 fully saturated rings. The number of furan rings is 1. The molecule has 1 amide bonds. The van der Waals surface area contributed by atoms with Crippen molar-refractivity contribution in [2.45, 2.75) is 25.4 Å². The molecule has 0 unspecified atom stereocenters. The van der Waals surface area contributed by atoms with Crippen LogP contribution in [-0.2, 0) is 6.54 Å². The highest BCUT2D eigenvalue weighted by Crippen LogP contribution is 2.27. The molecule has 1 aliphatic carbocycles. The van der Waals surface area contributed by atoms with E-state index in [1.165, 1.54) is 12.8 Å². The van der Waals surface area contributed by atoms with Crippen molar-refractivity contribution in [3.63, 3.8) is 0 Å². The molecule has 0 aromatic carbocycles. The highest BCUT2D eigenvalue weighted by atomic mass is 16.3. The van der Waals surface area contributed by atoms with Crippen LogP contribution >= 0.6 is 0 Å². The summed E-state index contributed by atoms with van der Waals surface area (Å²) in [5.41, 5.74) is 2.68. The molecular formula is C13H20N4O2. The Balaban J connectivity index is 1.57. The number of amides is 1. The van der Waals surface area contributed by atoms with E-state index in [4.69, 9.17) is 10.3 Å². The first-order valence-electron chi connectivity index (χ1n) is 6.81. The number of hydrogen-bond donors (Lipinski definition) is 2. The van der Waals surface area contributed by atoms with Gasteiger partial charge in [0, 0.05) is 32.2 Å². The van der Waals surface area contributed by atoms with E-state index < -0.39 is 0 Å². The number of nitrogen functional groups attached to an aromatic ring is 1. The lowest BCUT2D eigenvalue weighted by Crippen LogP contribution is -2.46. The van der Waals surface area contributed by atoms with Crippen molar-refractivity contribution >= 4 is 5.91 Å². The molecular weight excluding hydrogens is 244 g/mol. The number of nitrogens with two attached hydrogens (primary N) is 1. The molecule has 1 aliphatic heterocycles. The molecule has 0 bridgehead atoms. The van der Waals surface area contributed by atoms with Crippen LogP contribution in [0.2, 0.25) is 0 Å². The van der Waals surface area contributed by atoms with Gasteiger partial charge < -0.3 is 4.42 Å². The molecule has 0 atom stereocenters. The van der Waals surface area contributed by atoms with Gasteiger partial charge in [-0.2, -0.15) is 0 Å². The van der Waals surface area contributed by atoms with Gasteiger partial charge in [0.2, 0.25) is 0 Å². The number of nitrogens with one attached hydrogen (secondary N) is 1. The standard InChI is InChI=1S/C13H20N4O2/c14-15-13(18)11-3-8-19-12(11)9-16-4-6-17(7-5-16)10-1-2-10/h3,8,10H,1-2,4-7,9,14H2,(H,15,18). The van der Waals surface area contributed by atoms with Crippen LogP contribution in [0.4, 0.5) is 0 Å². The number of piperazine rings is 1. The van der Waals surface area contributed by atoms with Gasteiger partial charge in [0.25, 0.3) is 5.91 Å². The Morgan fingerprint density at radius 3 is 2.74 bits per heavy atom. The van der Waals surface area contributed by atoms with E-state index in [9.17, 15) is 4.79 Å². The van der Waals surface area contributed by atoms with Crippen LogP contribution in [0, 0.1) is 0 Å². The number of nitrogens with zero attached hydrogens (tertiary/aromatic N) is 2. The zero-order valence-corrected chi connectivity index (χ0v) is 11.0. The van der Waals surface area contributed by atoms with Crippen LogP contribution in [0.25, 0.3) is 0 Å². The van der Waals surface area contributed by atoms with Crippen LogP contribution < -0.4 is 11.3 Å². The van der Waals surface area contributed by atoms with Crippen LogP contribution in [0.3, 0.4) is 0 Å². The first-order chi connectivity index (χ1) is 9.28. The Labute approximate surface area is 112 Å². The third kappa shape index (κ3) is 2.80. The molecule has 3 rings (SSSR count). The lowest BCUT2D eigenvalue weighted by Gasteiger charge is -2.34. The quantitative estimate of drug-likeness (QED) is 0.460. The normalized spacial score (nSPS) is 21.5. The van der Waals surface area contributed by atoms with Crippen molar-refractivity contribution < 1.29 is 9.21 Å². The van der Waals surface area contributed by atoms with Gasteiger partial charge >= 0.3 is 0 Å². The minimum atomic E-state index is -0.291. The van der Waals surface area contributed by atoms with Gasteiger partial charge in [-0.25, -0.2) is 5.84 Å². The summed E-state index contributed by atoms with van der Waals surface area (Å²) in [6.07, 6.45) is 4.26. The fourth-order valence-electron chi connectivity index (χ4n) is 2.67. The summed E-state index contributed by atoms with van der Waals surface area (Å²) in [4.78, 5) is 16.4. The van der Waals surface area contributed by atoms with Gasteiger partial charge in [-0.1, -0.05) is 0 Å². The first-order valence-corrected chi connectivity index (χ1v) is 6.81. The minimum absolute atomic E-state index is 0.291. The summed E-state index contributed by atoms with van der Waals surface area (Å²) in [5.74, 6) is 5.57. The smallest absolute Gasteiger partial charge is 0.268 e. The largest absolute Gasteiger partial charge is 0.467 e. The van der Waals surface area contributed by atoms with Crippen molar-refractivity contribution in [2.24, 2.45) is 5.84 Å². The second-order valence-corrected chi connectivity index (χ2v) is 5.27. The number of carbonyl (C=O) groups excluding carboxylic acids is 1. The molecule has 0 spiro atoms. The molecule has 6 nitrogen and oxygen atoms in total. The van der Waals surface area contributed by atoms with Gasteiger partial charge in [0.15, 0.2) is 0 Å². The zero-order chi connectivity index (χ0) is 13.2. The van der Waals surface area contributed by atoms with E-state index in [0.29, 0.717) is 17.9 Å². The van der Waals surface area contributed by atoms with Crippen LogP contribution in [0.15, 0.2) is 16.7 Å². The maximum atomic E-state index is 11.6. The molecule has 2 aliphatic rings. The first kappa shape index (κ1) is 12.7. The molecule has 1 aromatic heterocycles. The molecule has 1 aromatic rings. The molecule has 0 radical (unpaired) electrons. The summed E-state index contributed by atoms with van der Waals surface area (Å²) in [6.45, 7) is 4.96. The van der Waals surface area contributed by atoms with E-state index >= 15 is 0 Å². The zero-order valence-electron chi connectivity index (χ0n) is 11.0. The Morgan fingerprint density at radius 2 is 2.11 bits per heavy atom. The SMILES string of the molecule is NNC(=O)c1ccoc1CN1CCN(C2CC2)CC1.